The summed E-state index contributed by atoms with van der Waals surface area (Å²) in [4.78, 5) is 42.3. The minimum absolute atomic E-state index is 0.00122. The number of hydrogen-bond donors (Lipinski definition) is 1. The van der Waals surface area contributed by atoms with Crippen LogP contribution in [0.2, 0.25) is 0 Å². The highest BCUT2D eigenvalue weighted by molar-refractivity contribution is 6.01. The lowest BCUT2D eigenvalue weighted by molar-refractivity contribution is -0.144. The van der Waals surface area contributed by atoms with E-state index in [1.165, 1.54) is 11.3 Å². The molecule has 2 unspecified atom stereocenters. The summed E-state index contributed by atoms with van der Waals surface area (Å²) in [6.07, 6.45) is 8.70. The van der Waals surface area contributed by atoms with E-state index in [9.17, 15) is 14.4 Å². The van der Waals surface area contributed by atoms with Crippen molar-refractivity contribution in [3.63, 3.8) is 0 Å². The molecule has 2 aliphatic carbocycles. The summed E-state index contributed by atoms with van der Waals surface area (Å²) in [5, 5.41) is 2.87. The lowest BCUT2D eigenvalue weighted by Crippen LogP contribution is -2.65. The number of anilines is 1. The fourth-order valence-corrected chi connectivity index (χ4v) is 5.06. The molecule has 2 saturated carbocycles. The molecule has 3 aliphatic rings. The Morgan fingerprint density at radius 2 is 1.61 bits per heavy atom. The van der Waals surface area contributed by atoms with E-state index in [-0.39, 0.29) is 42.4 Å². The third-order valence-corrected chi connectivity index (χ3v) is 6.45. The van der Waals surface area contributed by atoms with Crippen molar-refractivity contribution in [2.75, 3.05) is 11.9 Å². The van der Waals surface area contributed by atoms with Crippen molar-refractivity contribution >= 4 is 23.5 Å². The Bertz CT molecular complexity index is 730. The highest BCUT2D eigenvalue weighted by atomic mass is 16.2. The SMILES string of the molecule is O=C(CN1C(=O)N(C2CCCCC2)C(=O)C2CCCCC21)Nc1ccccc1. The van der Waals surface area contributed by atoms with Crippen LogP contribution in [0.25, 0.3) is 0 Å². The molecule has 4 rings (SSSR count). The van der Waals surface area contributed by atoms with Crippen LogP contribution in [0.3, 0.4) is 0 Å². The van der Waals surface area contributed by atoms with Gasteiger partial charge in [0.15, 0.2) is 0 Å². The van der Waals surface area contributed by atoms with Crippen LogP contribution < -0.4 is 5.32 Å². The van der Waals surface area contributed by atoms with Crippen LogP contribution in [0.1, 0.15) is 57.8 Å². The topological polar surface area (TPSA) is 69.7 Å². The summed E-state index contributed by atoms with van der Waals surface area (Å²) in [6.45, 7) is 0.00535. The van der Waals surface area contributed by atoms with E-state index in [0.717, 1.165) is 57.1 Å². The standard InChI is InChI=1S/C22H29N3O3/c26-20(23-16-9-3-1-4-10-16)15-24-19-14-8-7-13-18(19)21(27)25(22(24)28)17-11-5-2-6-12-17/h1,3-4,9-10,17-19H,2,5-8,11-15H2,(H,23,26). The maximum Gasteiger partial charge on any atom is 0.327 e. The van der Waals surface area contributed by atoms with Crippen LogP contribution in [-0.4, -0.2) is 46.3 Å². The van der Waals surface area contributed by atoms with Crippen molar-refractivity contribution in [3.05, 3.63) is 30.3 Å². The maximum absolute atomic E-state index is 13.3. The summed E-state index contributed by atoms with van der Waals surface area (Å²) >= 11 is 0. The number of nitrogens with zero attached hydrogens (tertiary/aromatic N) is 2. The summed E-state index contributed by atoms with van der Waals surface area (Å²) < 4.78 is 0. The minimum atomic E-state index is -0.261. The van der Waals surface area contributed by atoms with Crippen LogP contribution in [0.15, 0.2) is 30.3 Å². The van der Waals surface area contributed by atoms with Crippen molar-refractivity contribution in [2.45, 2.75) is 69.9 Å². The van der Waals surface area contributed by atoms with Gasteiger partial charge in [0.05, 0.1) is 5.92 Å². The van der Waals surface area contributed by atoms with Crippen LogP contribution in [-0.2, 0) is 9.59 Å². The predicted molar refractivity (Wildman–Crippen MR) is 107 cm³/mol. The van der Waals surface area contributed by atoms with E-state index in [2.05, 4.69) is 5.32 Å². The Hall–Kier alpha value is -2.37. The molecule has 1 heterocycles. The van der Waals surface area contributed by atoms with E-state index in [0.29, 0.717) is 0 Å². The molecule has 28 heavy (non-hydrogen) atoms. The number of imide groups is 1. The first kappa shape index (κ1) is 19.0. The molecule has 0 aromatic heterocycles. The fourth-order valence-electron chi connectivity index (χ4n) is 5.06. The van der Waals surface area contributed by atoms with Gasteiger partial charge in [0.25, 0.3) is 0 Å². The average Bonchev–Trinajstić information content (AvgIpc) is 2.73. The average molecular weight is 383 g/mol. The molecule has 0 radical (unpaired) electrons. The lowest BCUT2D eigenvalue weighted by Gasteiger charge is -2.49. The van der Waals surface area contributed by atoms with Gasteiger partial charge in [-0.05, 0) is 37.8 Å². The van der Waals surface area contributed by atoms with Crippen LogP contribution in [0, 0.1) is 5.92 Å². The van der Waals surface area contributed by atoms with E-state index < -0.39 is 0 Å². The first-order valence-electron chi connectivity index (χ1n) is 10.6. The van der Waals surface area contributed by atoms with E-state index in [1.54, 1.807) is 4.90 Å². The highest BCUT2D eigenvalue weighted by Crippen LogP contribution is 2.37. The molecule has 3 fully saturated rings. The van der Waals surface area contributed by atoms with Gasteiger partial charge in [0.2, 0.25) is 11.8 Å². The van der Waals surface area contributed by atoms with E-state index in [4.69, 9.17) is 0 Å². The largest absolute Gasteiger partial charge is 0.327 e. The number of para-hydroxylation sites is 1. The zero-order valence-electron chi connectivity index (χ0n) is 16.3. The van der Waals surface area contributed by atoms with Gasteiger partial charge in [-0.2, -0.15) is 0 Å². The van der Waals surface area contributed by atoms with Crippen molar-refractivity contribution in [1.82, 2.24) is 9.80 Å². The van der Waals surface area contributed by atoms with Gasteiger partial charge in [0.1, 0.15) is 6.54 Å². The van der Waals surface area contributed by atoms with Crippen LogP contribution in [0.4, 0.5) is 10.5 Å². The molecule has 150 valence electrons. The van der Waals surface area contributed by atoms with E-state index in [1.807, 2.05) is 30.3 Å². The Balaban J connectivity index is 1.53. The Kier molecular flexibility index (Phi) is 5.64. The molecule has 6 heteroatoms. The molecular formula is C22H29N3O3. The minimum Gasteiger partial charge on any atom is -0.325 e. The highest BCUT2D eigenvalue weighted by Gasteiger charge is 2.49. The fraction of sp³-hybridized carbons (Fsp3) is 0.591. The van der Waals surface area contributed by atoms with Crippen LogP contribution >= 0.6 is 0 Å². The molecule has 1 aromatic rings. The number of carbonyl (C=O) groups excluding carboxylic acids is 3. The number of nitrogens with one attached hydrogen (secondary N) is 1. The number of rotatable bonds is 4. The number of urea groups is 1. The second-order valence-electron chi connectivity index (χ2n) is 8.28. The summed E-state index contributed by atoms with van der Waals surface area (Å²) in [7, 11) is 0. The Morgan fingerprint density at radius 1 is 0.929 bits per heavy atom. The molecule has 0 spiro atoms. The second-order valence-corrected chi connectivity index (χ2v) is 8.28. The molecule has 2 atom stereocenters. The number of fused-ring (bicyclic) bond motifs is 1. The van der Waals surface area contributed by atoms with Crippen molar-refractivity contribution in [1.29, 1.82) is 0 Å². The van der Waals surface area contributed by atoms with Gasteiger partial charge >= 0.3 is 6.03 Å². The predicted octanol–water partition coefficient (Wildman–Crippen LogP) is 3.78. The molecule has 0 bridgehead atoms. The molecular weight excluding hydrogens is 354 g/mol. The molecule has 1 saturated heterocycles. The van der Waals surface area contributed by atoms with Gasteiger partial charge in [-0.15, -0.1) is 0 Å². The first-order valence-corrected chi connectivity index (χ1v) is 10.6. The van der Waals surface area contributed by atoms with Gasteiger partial charge in [-0.25, -0.2) is 4.79 Å². The second kappa shape index (κ2) is 8.33. The molecule has 6 nitrogen and oxygen atoms in total. The monoisotopic (exact) mass is 383 g/mol. The van der Waals surface area contributed by atoms with Gasteiger partial charge < -0.3 is 10.2 Å². The van der Waals surface area contributed by atoms with Gasteiger partial charge in [-0.3, -0.25) is 14.5 Å². The zero-order chi connectivity index (χ0) is 19.5. The number of carbonyl (C=O) groups is 3. The lowest BCUT2D eigenvalue weighted by atomic mass is 9.80. The smallest absolute Gasteiger partial charge is 0.325 e. The number of amides is 4. The van der Waals surface area contributed by atoms with Crippen molar-refractivity contribution in [2.24, 2.45) is 5.92 Å². The van der Waals surface area contributed by atoms with Gasteiger partial charge in [-0.1, -0.05) is 50.3 Å². The zero-order valence-corrected chi connectivity index (χ0v) is 16.3. The summed E-state index contributed by atoms with van der Waals surface area (Å²) in [5.74, 6) is -0.360. The number of benzene rings is 1. The maximum atomic E-state index is 13.3. The molecule has 1 aliphatic heterocycles. The quantitative estimate of drug-likeness (QED) is 0.860. The van der Waals surface area contributed by atoms with Gasteiger partial charge in [0, 0.05) is 17.8 Å². The summed E-state index contributed by atoms with van der Waals surface area (Å²) in [6, 6.07) is 8.87. The van der Waals surface area contributed by atoms with E-state index >= 15 is 0 Å². The van der Waals surface area contributed by atoms with Crippen molar-refractivity contribution < 1.29 is 14.4 Å². The van der Waals surface area contributed by atoms with Crippen molar-refractivity contribution in [3.8, 4) is 0 Å². The Labute approximate surface area is 166 Å². The normalized spacial score (nSPS) is 26.1. The summed E-state index contributed by atoms with van der Waals surface area (Å²) in [5.41, 5.74) is 0.720. The first-order chi connectivity index (χ1) is 13.6. The van der Waals surface area contributed by atoms with Crippen LogP contribution in [0.5, 0.6) is 0 Å². The Morgan fingerprint density at radius 3 is 2.36 bits per heavy atom. The number of hydrogen-bond acceptors (Lipinski definition) is 3. The molecule has 4 amide bonds. The molecule has 1 N–H and O–H groups in total. The third-order valence-electron chi connectivity index (χ3n) is 6.45. The third kappa shape index (κ3) is 3.77. The molecule has 1 aromatic carbocycles.